The van der Waals surface area contributed by atoms with Gasteiger partial charge in [-0.2, -0.15) is 0 Å². The van der Waals surface area contributed by atoms with E-state index in [0.717, 1.165) is 34.5 Å². The maximum Gasteiger partial charge on any atom is 0.266 e. The fourth-order valence-corrected chi connectivity index (χ4v) is 4.21. The summed E-state index contributed by atoms with van der Waals surface area (Å²) in [7, 11) is 0. The maximum absolute atomic E-state index is 13.6. The Morgan fingerprint density at radius 1 is 1.03 bits per heavy atom. The molecule has 1 atom stereocenters. The van der Waals surface area contributed by atoms with Crippen LogP contribution in [0.1, 0.15) is 42.9 Å². The number of nitrogens with zero attached hydrogens (tertiary/aromatic N) is 2. The van der Waals surface area contributed by atoms with Gasteiger partial charge in [-0.3, -0.25) is 9.36 Å². The van der Waals surface area contributed by atoms with Gasteiger partial charge in [-0.05, 0) is 79.3 Å². The van der Waals surface area contributed by atoms with Gasteiger partial charge in [0.2, 0.25) is 0 Å². The molecule has 4 aromatic rings. The molecule has 5 nitrogen and oxygen atoms in total. The highest BCUT2D eigenvalue weighted by Gasteiger charge is 2.17. The largest absolute Gasteiger partial charge is 0.491 e. The van der Waals surface area contributed by atoms with Crippen molar-refractivity contribution < 1.29 is 9.84 Å². The first-order chi connectivity index (χ1) is 15.9. The molecule has 5 heteroatoms. The average molecular weight is 443 g/mol. The number of para-hydroxylation sites is 1. The summed E-state index contributed by atoms with van der Waals surface area (Å²) in [6.45, 7) is 8.51. The molecule has 0 aliphatic heterocycles. The predicted molar refractivity (Wildman–Crippen MR) is 134 cm³/mol. The summed E-state index contributed by atoms with van der Waals surface area (Å²) in [5.74, 6) is 1.80. The Balaban J connectivity index is 1.94. The SMILES string of the molecule is CCC(C)c1ccc(-n2c(-c3cc(C)c(OCCO)c(C)c3)nc3ccccc3c2=O)cc1. The molecule has 0 saturated carbocycles. The van der Waals surface area contributed by atoms with Crippen molar-refractivity contribution in [3.63, 3.8) is 0 Å². The van der Waals surface area contributed by atoms with Gasteiger partial charge in [0.25, 0.3) is 5.56 Å². The van der Waals surface area contributed by atoms with Crippen LogP contribution in [0.25, 0.3) is 28.0 Å². The fraction of sp³-hybridized carbons (Fsp3) is 0.286. The van der Waals surface area contributed by atoms with Crippen molar-refractivity contribution in [2.75, 3.05) is 13.2 Å². The summed E-state index contributed by atoms with van der Waals surface area (Å²) in [6.07, 6.45) is 1.06. The number of ether oxygens (including phenoxy) is 1. The van der Waals surface area contributed by atoms with Crippen LogP contribution >= 0.6 is 0 Å². The summed E-state index contributed by atoms with van der Waals surface area (Å²) < 4.78 is 7.42. The van der Waals surface area contributed by atoms with Crippen LogP contribution < -0.4 is 10.3 Å². The van der Waals surface area contributed by atoms with Gasteiger partial charge in [0.15, 0.2) is 0 Å². The van der Waals surface area contributed by atoms with Gasteiger partial charge < -0.3 is 9.84 Å². The van der Waals surface area contributed by atoms with E-state index < -0.39 is 0 Å². The van der Waals surface area contributed by atoms with E-state index in [-0.39, 0.29) is 18.8 Å². The first-order valence-corrected chi connectivity index (χ1v) is 11.4. The standard InChI is InChI=1S/C28H30N2O3/c1-5-18(2)21-10-12-23(13-11-21)30-27(29-25-9-7-6-8-24(25)28(30)32)22-16-19(3)26(20(4)17-22)33-15-14-31/h6-13,16-18,31H,5,14-15H2,1-4H3. The van der Waals surface area contributed by atoms with Gasteiger partial charge >= 0.3 is 0 Å². The lowest BCUT2D eigenvalue weighted by Gasteiger charge is -2.18. The molecule has 170 valence electrons. The van der Waals surface area contributed by atoms with Crippen LogP contribution in [-0.2, 0) is 0 Å². The van der Waals surface area contributed by atoms with Crippen molar-refractivity contribution in [2.24, 2.45) is 0 Å². The minimum Gasteiger partial charge on any atom is -0.491 e. The van der Waals surface area contributed by atoms with E-state index >= 15 is 0 Å². The Morgan fingerprint density at radius 2 is 1.70 bits per heavy atom. The smallest absolute Gasteiger partial charge is 0.266 e. The molecule has 1 aromatic heterocycles. The molecule has 0 saturated heterocycles. The minimum atomic E-state index is -0.0946. The topological polar surface area (TPSA) is 64.3 Å². The molecule has 0 bridgehead atoms. The Kier molecular flexibility index (Phi) is 6.61. The van der Waals surface area contributed by atoms with Crippen LogP contribution in [0.2, 0.25) is 0 Å². The summed E-state index contributed by atoms with van der Waals surface area (Å²) in [6, 6.07) is 19.6. The second kappa shape index (κ2) is 9.59. The number of benzene rings is 3. The minimum absolute atomic E-state index is 0.0426. The monoisotopic (exact) mass is 442 g/mol. The number of hydrogen-bond donors (Lipinski definition) is 1. The number of aromatic nitrogens is 2. The quantitative estimate of drug-likeness (QED) is 0.407. The summed E-state index contributed by atoms with van der Waals surface area (Å²) in [5.41, 5.74) is 5.32. The van der Waals surface area contributed by atoms with E-state index in [1.807, 2.05) is 62.4 Å². The molecular weight excluding hydrogens is 412 g/mol. The first kappa shape index (κ1) is 22.7. The highest BCUT2D eigenvalue weighted by atomic mass is 16.5. The zero-order chi connectivity index (χ0) is 23.5. The van der Waals surface area contributed by atoms with E-state index in [0.29, 0.717) is 22.6 Å². The average Bonchev–Trinajstić information content (AvgIpc) is 2.83. The van der Waals surface area contributed by atoms with Crippen LogP contribution in [0.3, 0.4) is 0 Å². The molecular formula is C28H30N2O3. The molecule has 0 radical (unpaired) electrons. The molecule has 0 fully saturated rings. The highest BCUT2D eigenvalue weighted by Crippen LogP contribution is 2.31. The van der Waals surface area contributed by atoms with Crippen molar-refractivity contribution >= 4 is 10.9 Å². The second-order valence-electron chi connectivity index (χ2n) is 8.51. The lowest BCUT2D eigenvalue weighted by molar-refractivity contribution is 0.200. The number of aliphatic hydroxyl groups excluding tert-OH is 1. The van der Waals surface area contributed by atoms with Gasteiger partial charge in [-0.15, -0.1) is 0 Å². The maximum atomic E-state index is 13.6. The van der Waals surface area contributed by atoms with E-state index in [4.69, 9.17) is 14.8 Å². The van der Waals surface area contributed by atoms with Gasteiger partial charge in [0, 0.05) is 5.56 Å². The predicted octanol–water partition coefficient (Wildman–Crippen LogP) is 5.55. The van der Waals surface area contributed by atoms with Crippen LogP contribution in [0.5, 0.6) is 5.75 Å². The molecule has 33 heavy (non-hydrogen) atoms. The summed E-state index contributed by atoms with van der Waals surface area (Å²) in [4.78, 5) is 18.6. The number of aliphatic hydroxyl groups is 1. The Bertz CT molecular complexity index is 1320. The van der Waals surface area contributed by atoms with Crippen molar-refractivity contribution in [1.82, 2.24) is 9.55 Å². The lowest BCUT2D eigenvalue weighted by atomic mass is 9.98. The van der Waals surface area contributed by atoms with Crippen LogP contribution in [0.4, 0.5) is 0 Å². The zero-order valence-electron chi connectivity index (χ0n) is 19.6. The Morgan fingerprint density at radius 3 is 2.33 bits per heavy atom. The Labute approximate surface area is 194 Å². The van der Waals surface area contributed by atoms with E-state index in [1.54, 1.807) is 4.57 Å². The first-order valence-electron chi connectivity index (χ1n) is 11.4. The molecule has 0 amide bonds. The van der Waals surface area contributed by atoms with Crippen molar-refractivity contribution in [3.8, 4) is 22.8 Å². The van der Waals surface area contributed by atoms with E-state index in [9.17, 15) is 4.79 Å². The molecule has 1 heterocycles. The molecule has 0 aliphatic rings. The second-order valence-corrected chi connectivity index (χ2v) is 8.51. The molecule has 0 aliphatic carbocycles. The Hall–Kier alpha value is -3.44. The van der Waals surface area contributed by atoms with Crippen LogP contribution in [0, 0.1) is 13.8 Å². The normalized spacial score (nSPS) is 12.2. The van der Waals surface area contributed by atoms with Crippen molar-refractivity contribution in [1.29, 1.82) is 0 Å². The third kappa shape index (κ3) is 4.41. The van der Waals surface area contributed by atoms with Crippen LogP contribution in [-0.4, -0.2) is 27.9 Å². The van der Waals surface area contributed by atoms with Crippen molar-refractivity contribution in [3.05, 3.63) is 87.7 Å². The van der Waals surface area contributed by atoms with Gasteiger partial charge in [-0.25, -0.2) is 4.98 Å². The third-order valence-electron chi connectivity index (χ3n) is 6.16. The number of rotatable bonds is 7. The van der Waals surface area contributed by atoms with E-state index in [1.165, 1.54) is 5.56 Å². The number of aryl methyl sites for hydroxylation is 2. The number of fused-ring (bicyclic) bond motifs is 1. The fourth-order valence-electron chi connectivity index (χ4n) is 4.21. The zero-order valence-corrected chi connectivity index (χ0v) is 19.6. The van der Waals surface area contributed by atoms with Gasteiger partial charge in [0.05, 0.1) is 23.2 Å². The lowest BCUT2D eigenvalue weighted by Crippen LogP contribution is -2.22. The van der Waals surface area contributed by atoms with Crippen LogP contribution in [0.15, 0.2) is 65.5 Å². The summed E-state index contributed by atoms with van der Waals surface area (Å²) in [5, 5.41) is 9.72. The highest BCUT2D eigenvalue weighted by molar-refractivity contribution is 5.80. The molecule has 3 aromatic carbocycles. The number of hydrogen-bond acceptors (Lipinski definition) is 4. The van der Waals surface area contributed by atoms with Crippen molar-refractivity contribution in [2.45, 2.75) is 40.0 Å². The van der Waals surface area contributed by atoms with Gasteiger partial charge in [-0.1, -0.05) is 38.1 Å². The van der Waals surface area contributed by atoms with Gasteiger partial charge in [0.1, 0.15) is 18.2 Å². The molecule has 1 N–H and O–H groups in total. The molecule has 4 rings (SSSR count). The molecule has 1 unspecified atom stereocenters. The summed E-state index contributed by atoms with van der Waals surface area (Å²) >= 11 is 0. The molecule has 0 spiro atoms. The third-order valence-corrected chi connectivity index (χ3v) is 6.16. The van der Waals surface area contributed by atoms with E-state index in [2.05, 4.69) is 26.0 Å².